The van der Waals surface area contributed by atoms with Gasteiger partial charge in [-0.25, -0.2) is 14.1 Å². The van der Waals surface area contributed by atoms with Crippen molar-refractivity contribution < 1.29 is 4.21 Å². The average Bonchev–Trinajstić information content (AvgIpc) is 2.08. The third kappa shape index (κ3) is 1.30. The summed E-state index contributed by atoms with van der Waals surface area (Å²) in [5, 5.41) is 5.23. The Morgan fingerprint density at radius 3 is 2.67 bits per heavy atom. The molecule has 0 aromatic carbocycles. The zero-order valence-electron chi connectivity index (χ0n) is 4.63. The van der Waals surface area contributed by atoms with Crippen molar-refractivity contribution in [1.29, 1.82) is 4.78 Å². The summed E-state index contributed by atoms with van der Waals surface area (Å²) in [5.74, 6) is 0. The van der Waals surface area contributed by atoms with Crippen molar-refractivity contribution in [3.63, 3.8) is 0 Å². The Labute approximate surface area is 53.2 Å². The van der Waals surface area contributed by atoms with E-state index in [2.05, 4.69) is 4.98 Å². The summed E-state index contributed by atoms with van der Waals surface area (Å²) in [4.78, 5) is 2.59. The van der Waals surface area contributed by atoms with Crippen LogP contribution < -0.4 is 5.14 Å². The van der Waals surface area contributed by atoms with Crippen LogP contribution in [0.4, 0.5) is 0 Å². The molecule has 0 fully saturated rings. The van der Waals surface area contributed by atoms with Crippen molar-refractivity contribution >= 4 is 9.92 Å². The van der Waals surface area contributed by atoms with Crippen molar-refractivity contribution in [3.05, 3.63) is 18.3 Å². The first-order chi connectivity index (χ1) is 4.11. The SMILES string of the molecule is N=S(N)(=O)c1ccc[nH]1. The Bertz CT molecular complexity index is 273. The Morgan fingerprint density at radius 1 is 1.78 bits per heavy atom. The van der Waals surface area contributed by atoms with Gasteiger partial charge >= 0.3 is 0 Å². The Hall–Kier alpha value is -0.810. The Morgan fingerprint density at radius 2 is 2.44 bits per heavy atom. The average molecular weight is 145 g/mol. The second kappa shape index (κ2) is 1.85. The highest BCUT2D eigenvalue weighted by Gasteiger charge is 2.00. The monoisotopic (exact) mass is 145 g/mol. The minimum Gasteiger partial charge on any atom is -0.353 e. The number of aromatic nitrogens is 1. The lowest BCUT2D eigenvalue weighted by molar-refractivity contribution is 0.673. The number of rotatable bonds is 1. The van der Waals surface area contributed by atoms with Gasteiger partial charge in [0.15, 0.2) is 0 Å². The molecule has 0 amide bonds. The number of nitrogens with one attached hydrogen (secondary N) is 2. The first-order valence-corrected chi connectivity index (χ1v) is 3.93. The van der Waals surface area contributed by atoms with Gasteiger partial charge in [0, 0.05) is 6.20 Å². The van der Waals surface area contributed by atoms with Crippen LogP contribution in [0.2, 0.25) is 0 Å². The molecule has 0 spiro atoms. The quantitative estimate of drug-likeness (QED) is 0.521. The maximum Gasteiger partial charge on any atom is 0.147 e. The zero-order valence-corrected chi connectivity index (χ0v) is 5.44. The van der Waals surface area contributed by atoms with Gasteiger partial charge < -0.3 is 4.98 Å². The third-order valence-corrected chi connectivity index (χ3v) is 1.80. The number of hydrogen-bond acceptors (Lipinski definition) is 2. The van der Waals surface area contributed by atoms with Gasteiger partial charge in [-0.1, -0.05) is 0 Å². The highest BCUT2D eigenvalue weighted by molar-refractivity contribution is 7.90. The van der Waals surface area contributed by atoms with Crippen LogP contribution in [-0.2, 0) is 9.92 Å². The fraction of sp³-hybridized carbons (Fsp3) is 0. The largest absolute Gasteiger partial charge is 0.353 e. The molecule has 0 aliphatic rings. The molecular formula is C4H7N3OS. The molecule has 9 heavy (non-hydrogen) atoms. The van der Waals surface area contributed by atoms with Gasteiger partial charge in [0.05, 0.1) is 0 Å². The summed E-state index contributed by atoms with van der Waals surface area (Å²) in [5.41, 5.74) is 0. The summed E-state index contributed by atoms with van der Waals surface area (Å²) in [6, 6.07) is 3.17. The summed E-state index contributed by atoms with van der Waals surface area (Å²) >= 11 is 0. The molecule has 0 aliphatic heterocycles. The van der Waals surface area contributed by atoms with Crippen LogP contribution in [0, 0.1) is 4.78 Å². The molecule has 50 valence electrons. The van der Waals surface area contributed by atoms with E-state index >= 15 is 0 Å². The van der Waals surface area contributed by atoms with Crippen LogP contribution in [0.5, 0.6) is 0 Å². The molecule has 0 radical (unpaired) electrons. The van der Waals surface area contributed by atoms with Crippen molar-refractivity contribution in [1.82, 2.24) is 4.98 Å². The molecule has 4 N–H and O–H groups in total. The van der Waals surface area contributed by atoms with E-state index in [9.17, 15) is 4.21 Å². The molecule has 0 saturated carbocycles. The molecule has 0 bridgehead atoms. The molecular weight excluding hydrogens is 138 g/mol. The molecule has 1 rings (SSSR count). The lowest BCUT2D eigenvalue weighted by atomic mass is 10.7. The minimum atomic E-state index is -3.02. The van der Waals surface area contributed by atoms with Crippen molar-refractivity contribution in [3.8, 4) is 0 Å². The van der Waals surface area contributed by atoms with Crippen LogP contribution in [0.3, 0.4) is 0 Å². The van der Waals surface area contributed by atoms with Gasteiger partial charge in [-0.3, -0.25) is 0 Å². The van der Waals surface area contributed by atoms with E-state index in [1.54, 1.807) is 12.3 Å². The van der Waals surface area contributed by atoms with E-state index in [1.165, 1.54) is 6.07 Å². The van der Waals surface area contributed by atoms with E-state index in [4.69, 9.17) is 9.92 Å². The third-order valence-electron chi connectivity index (χ3n) is 0.896. The normalized spacial score (nSPS) is 17.0. The molecule has 1 aromatic heterocycles. The zero-order chi connectivity index (χ0) is 6.91. The van der Waals surface area contributed by atoms with E-state index in [1.807, 2.05) is 0 Å². The first-order valence-electron chi connectivity index (χ1n) is 2.30. The smallest absolute Gasteiger partial charge is 0.147 e. The summed E-state index contributed by atoms with van der Waals surface area (Å²) in [6.45, 7) is 0. The fourth-order valence-electron chi connectivity index (χ4n) is 0.502. The van der Waals surface area contributed by atoms with Gasteiger partial charge in [-0.15, -0.1) is 0 Å². The van der Waals surface area contributed by atoms with Crippen molar-refractivity contribution in [2.75, 3.05) is 0 Å². The van der Waals surface area contributed by atoms with E-state index in [-0.39, 0.29) is 5.03 Å². The number of hydrogen-bond donors (Lipinski definition) is 3. The lowest BCUT2D eigenvalue weighted by Crippen LogP contribution is -2.10. The Kier molecular flexibility index (Phi) is 1.30. The standard InChI is InChI=1S/C4H7N3OS/c5-9(6,8)4-2-1-3-7-4/h1-3,7H,(H3,5,6,8). The molecule has 0 saturated heterocycles. The molecule has 1 unspecified atom stereocenters. The molecule has 4 nitrogen and oxygen atoms in total. The van der Waals surface area contributed by atoms with Gasteiger partial charge in [-0.2, -0.15) is 0 Å². The van der Waals surface area contributed by atoms with Gasteiger partial charge in [0.1, 0.15) is 14.9 Å². The van der Waals surface area contributed by atoms with Gasteiger partial charge in [0.25, 0.3) is 0 Å². The summed E-state index contributed by atoms with van der Waals surface area (Å²) in [6.07, 6.45) is 1.58. The van der Waals surface area contributed by atoms with Crippen LogP contribution in [0.25, 0.3) is 0 Å². The fourth-order valence-corrected chi connectivity index (χ4v) is 1.03. The predicted molar refractivity (Wildman–Crippen MR) is 34.1 cm³/mol. The second-order valence-corrected chi connectivity index (χ2v) is 3.28. The van der Waals surface area contributed by atoms with E-state index in [0.29, 0.717) is 0 Å². The van der Waals surface area contributed by atoms with Crippen LogP contribution in [-0.4, -0.2) is 9.19 Å². The predicted octanol–water partition coefficient (Wildman–Crippen LogP) is 0.294. The van der Waals surface area contributed by atoms with Crippen LogP contribution in [0.1, 0.15) is 0 Å². The molecule has 5 heteroatoms. The second-order valence-electron chi connectivity index (χ2n) is 1.64. The van der Waals surface area contributed by atoms with Crippen LogP contribution >= 0.6 is 0 Å². The number of H-pyrrole nitrogens is 1. The van der Waals surface area contributed by atoms with E-state index < -0.39 is 9.92 Å². The summed E-state index contributed by atoms with van der Waals surface area (Å²) in [7, 11) is -3.02. The number of aromatic amines is 1. The lowest BCUT2D eigenvalue weighted by Gasteiger charge is -1.92. The van der Waals surface area contributed by atoms with E-state index in [0.717, 1.165) is 0 Å². The number of nitrogens with two attached hydrogens (primary N) is 1. The van der Waals surface area contributed by atoms with Gasteiger partial charge in [0.2, 0.25) is 0 Å². The molecule has 1 heterocycles. The highest BCUT2D eigenvalue weighted by atomic mass is 32.2. The Balaban J connectivity index is 3.20. The molecule has 1 atom stereocenters. The first kappa shape index (κ1) is 6.31. The van der Waals surface area contributed by atoms with Crippen LogP contribution in [0.15, 0.2) is 23.4 Å². The van der Waals surface area contributed by atoms with Crippen molar-refractivity contribution in [2.24, 2.45) is 5.14 Å². The molecule has 0 aliphatic carbocycles. The minimum absolute atomic E-state index is 0.266. The topological polar surface area (TPSA) is 82.7 Å². The van der Waals surface area contributed by atoms with Gasteiger partial charge in [-0.05, 0) is 12.1 Å². The maximum absolute atomic E-state index is 10.7. The molecule has 1 aromatic rings. The van der Waals surface area contributed by atoms with Crippen molar-refractivity contribution in [2.45, 2.75) is 5.03 Å². The summed E-state index contributed by atoms with van der Waals surface area (Å²) < 4.78 is 17.5. The maximum atomic E-state index is 10.7. The highest BCUT2D eigenvalue weighted by Crippen LogP contribution is 2.00.